The molecule has 9 heteroatoms. The average molecular weight is 409 g/mol. The summed E-state index contributed by atoms with van der Waals surface area (Å²) in [7, 11) is 0. The van der Waals surface area contributed by atoms with Crippen LogP contribution in [-0.4, -0.2) is 44.9 Å². The Hall–Kier alpha value is -3.75. The van der Waals surface area contributed by atoms with E-state index in [1.54, 1.807) is 42.8 Å². The zero-order valence-electron chi connectivity index (χ0n) is 17.3. The number of aryl methyl sites for hydroxylation is 2. The van der Waals surface area contributed by atoms with Gasteiger partial charge in [0.25, 0.3) is 5.95 Å². The van der Waals surface area contributed by atoms with Crippen molar-refractivity contribution in [2.24, 2.45) is 0 Å². The van der Waals surface area contributed by atoms with Gasteiger partial charge in [-0.2, -0.15) is 10.1 Å². The number of carbonyl (C=O) groups is 2. The fraction of sp³-hybridized carbons (Fsp3) is 0.286. The third-order valence-corrected chi connectivity index (χ3v) is 4.13. The van der Waals surface area contributed by atoms with Crippen molar-refractivity contribution in [1.29, 1.82) is 0 Å². The number of nitrogens with one attached hydrogen (secondary N) is 1. The van der Waals surface area contributed by atoms with Gasteiger partial charge >= 0.3 is 11.9 Å². The summed E-state index contributed by atoms with van der Waals surface area (Å²) < 4.78 is 11.7. The van der Waals surface area contributed by atoms with Gasteiger partial charge in [0.1, 0.15) is 5.56 Å². The Morgan fingerprint density at radius 2 is 1.70 bits per heavy atom. The van der Waals surface area contributed by atoms with E-state index >= 15 is 0 Å². The molecule has 0 spiro atoms. The van der Waals surface area contributed by atoms with Gasteiger partial charge in [0.05, 0.1) is 24.5 Å². The molecule has 3 aromatic rings. The summed E-state index contributed by atoms with van der Waals surface area (Å²) in [5, 5.41) is 7.49. The summed E-state index contributed by atoms with van der Waals surface area (Å²) in [6.07, 6.45) is 1.41. The number of ether oxygens (including phenoxy) is 2. The van der Waals surface area contributed by atoms with E-state index in [0.29, 0.717) is 23.8 Å². The van der Waals surface area contributed by atoms with Gasteiger partial charge in [-0.25, -0.2) is 19.3 Å². The first-order chi connectivity index (χ1) is 14.4. The Balaban J connectivity index is 1.96. The lowest BCUT2D eigenvalue weighted by molar-refractivity contribution is 0.0517. The number of carbonyl (C=O) groups excluding carboxylic acids is 2. The average Bonchev–Trinajstić information content (AvgIpc) is 3.07. The maximum absolute atomic E-state index is 12.4. The number of benzene rings is 1. The standard InChI is InChI=1S/C21H23N5O4/c1-5-29-19(27)15-7-9-16(10-8-15)23-18-17(20(28)30-6-2)12-22-21(24-18)26-14(4)11-13(3)25-26/h7-12H,5-6H2,1-4H3,(H,22,23,24). The predicted octanol–water partition coefficient (Wildman–Crippen LogP) is 3.38. The smallest absolute Gasteiger partial charge is 0.343 e. The third kappa shape index (κ3) is 4.62. The van der Waals surface area contributed by atoms with Gasteiger partial charge in [-0.1, -0.05) is 0 Å². The number of hydrogen-bond acceptors (Lipinski definition) is 8. The molecule has 9 nitrogen and oxygen atoms in total. The molecule has 1 aromatic carbocycles. The molecule has 2 aromatic heterocycles. The van der Waals surface area contributed by atoms with Crippen LogP contribution in [0.3, 0.4) is 0 Å². The molecule has 0 saturated carbocycles. The lowest BCUT2D eigenvalue weighted by atomic mass is 10.2. The second-order valence-electron chi connectivity index (χ2n) is 6.41. The van der Waals surface area contributed by atoms with E-state index in [1.807, 2.05) is 19.9 Å². The Morgan fingerprint density at radius 3 is 2.30 bits per heavy atom. The van der Waals surface area contributed by atoms with Crippen molar-refractivity contribution < 1.29 is 19.1 Å². The topological polar surface area (TPSA) is 108 Å². The van der Waals surface area contributed by atoms with Crippen molar-refractivity contribution in [1.82, 2.24) is 19.7 Å². The molecule has 0 aliphatic heterocycles. The number of anilines is 2. The summed E-state index contributed by atoms with van der Waals surface area (Å²) in [6, 6.07) is 8.57. The van der Waals surface area contributed by atoms with E-state index in [2.05, 4.69) is 20.4 Å². The van der Waals surface area contributed by atoms with Gasteiger partial charge in [0, 0.05) is 17.6 Å². The van der Waals surface area contributed by atoms with Crippen molar-refractivity contribution >= 4 is 23.4 Å². The van der Waals surface area contributed by atoms with Crippen LogP contribution in [0.5, 0.6) is 0 Å². The molecule has 0 aliphatic carbocycles. The highest BCUT2D eigenvalue weighted by molar-refractivity contribution is 5.95. The molecule has 0 aliphatic rings. The van der Waals surface area contributed by atoms with E-state index in [0.717, 1.165) is 11.4 Å². The number of esters is 2. The van der Waals surface area contributed by atoms with Crippen LogP contribution in [0.2, 0.25) is 0 Å². The number of rotatable bonds is 7. The van der Waals surface area contributed by atoms with Gasteiger partial charge < -0.3 is 14.8 Å². The second-order valence-corrected chi connectivity index (χ2v) is 6.41. The van der Waals surface area contributed by atoms with E-state index < -0.39 is 11.9 Å². The first kappa shape index (κ1) is 21.0. The highest BCUT2D eigenvalue weighted by Gasteiger charge is 2.18. The van der Waals surface area contributed by atoms with Gasteiger partial charge in [0.15, 0.2) is 5.82 Å². The fourth-order valence-corrected chi connectivity index (χ4v) is 2.80. The monoisotopic (exact) mass is 409 g/mol. The minimum absolute atomic E-state index is 0.191. The molecule has 0 radical (unpaired) electrons. The summed E-state index contributed by atoms with van der Waals surface area (Å²) in [5.41, 5.74) is 2.94. The molecular weight excluding hydrogens is 386 g/mol. The number of hydrogen-bond donors (Lipinski definition) is 1. The first-order valence-corrected chi connectivity index (χ1v) is 9.55. The van der Waals surface area contributed by atoms with E-state index in [-0.39, 0.29) is 18.0 Å². The zero-order valence-corrected chi connectivity index (χ0v) is 17.3. The molecule has 0 fully saturated rings. The summed E-state index contributed by atoms with van der Waals surface area (Å²) >= 11 is 0. The van der Waals surface area contributed by atoms with Crippen molar-refractivity contribution in [3.8, 4) is 5.95 Å². The van der Waals surface area contributed by atoms with Crippen molar-refractivity contribution in [3.05, 3.63) is 59.0 Å². The summed E-state index contributed by atoms with van der Waals surface area (Å²) in [6.45, 7) is 7.78. The molecule has 1 N–H and O–H groups in total. The molecular formula is C21H23N5O4. The molecule has 156 valence electrons. The molecule has 0 saturated heterocycles. The van der Waals surface area contributed by atoms with Gasteiger partial charge in [-0.3, -0.25) is 0 Å². The lowest BCUT2D eigenvalue weighted by Gasteiger charge is -2.12. The predicted molar refractivity (Wildman–Crippen MR) is 110 cm³/mol. The fourth-order valence-electron chi connectivity index (χ4n) is 2.80. The Labute approximate surface area is 174 Å². The maximum Gasteiger partial charge on any atom is 0.343 e. The largest absolute Gasteiger partial charge is 0.462 e. The molecule has 0 unspecified atom stereocenters. The molecule has 0 atom stereocenters. The van der Waals surface area contributed by atoms with Crippen molar-refractivity contribution in [2.75, 3.05) is 18.5 Å². The highest BCUT2D eigenvalue weighted by Crippen LogP contribution is 2.22. The molecule has 30 heavy (non-hydrogen) atoms. The molecule has 3 rings (SSSR count). The zero-order chi connectivity index (χ0) is 21.7. The van der Waals surface area contributed by atoms with Crippen LogP contribution in [0.4, 0.5) is 11.5 Å². The van der Waals surface area contributed by atoms with Crippen LogP contribution in [0.25, 0.3) is 5.95 Å². The van der Waals surface area contributed by atoms with Crippen LogP contribution >= 0.6 is 0 Å². The summed E-state index contributed by atoms with van der Waals surface area (Å²) in [5.74, 6) is -0.345. The Morgan fingerprint density at radius 1 is 1.03 bits per heavy atom. The summed E-state index contributed by atoms with van der Waals surface area (Å²) in [4.78, 5) is 33.0. The quantitative estimate of drug-likeness (QED) is 0.592. The Kier molecular flexibility index (Phi) is 6.41. The van der Waals surface area contributed by atoms with E-state index in [9.17, 15) is 9.59 Å². The molecule has 0 amide bonds. The highest BCUT2D eigenvalue weighted by atomic mass is 16.5. The molecule has 0 bridgehead atoms. The van der Waals surface area contributed by atoms with Gasteiger partial charge in [-0.05, 0) is 58.0 Å². The van der Waals surface area contributed by atoms with Gasteiger partial charge in [0.2, 0.25) is 0 Å². The van der Waals surface area contributed by atoms with Gasteiger partial charge in [-0.15, -0.1) is 0 Å². The van der Waals surface area contributed by atoms with E-state index in [1.165, 1.54) is 6.20 Å². The number of nitrogens with zero attached hydrogens (tertiary/aromatic N) is 4. The molecule has 2 heterocycles. The minimum Gasteiger partial charge on any atom is -0.462 e. The lowest BCUT2D eigenvalue weighted by Crippen LogP contribution is -2.13. The van der Waals surface area contributed by atoms with Crippen LogP contribution in [-0.2, 0) is 9.47 Å². The first-order valence-electron chi connectivity index (χ1n) is 9.55. The van der Waals surface area contributed by atoms with E-state index in [4.69, 9.17) is 9.47 Å². The Bertz CT molecular complexity index is 1060. The van der Waals surface area contributed by atoms with Crippen LogP contribution in [0, 0.1) is 13.8 Å². The van der Waals surface area contributed by atoms with Crippen LogP contribution in [0.15, 0.2) is 36.5 Å². The third-order valence-electron chi connectivity index (χ3n) is 4.13. The van der Waals surface area contributed by atoms with Crippen molar-refractivity contribution in [3.63, 3.8) is 0 Å². The van der Waals surface area contributed by atoms with Crippen molar-refractivity contribution in [2.45, 2.75) is 27.7 Å². The normalized spacial score (nSPS) is 10.5. The maximum atomic E-state index is 12.4. The van der Waals surface area contributed by atoms with Crippen LogP contribution < -0.4 is 5.32 Å². The SMILES string of the molecule is CCOC(=O)c1ccc(Nc2nc(-n3nc(C)cc3C)ncc2C(=O)OCC)cc1. The second kappa shape index (κ2) is 9.17. The minimum atomic E-state index is -0.539. The number of aromatic nitrogens is 4. The van der Waals surface area contributed by atoms with Crippen LogP contribution in [0.1, 0.15) is 46.0 Å².